The van der Waals surface area contributed by atoms with Crippen molar-refractivity contribution < 1.29 is 4.74 Å². The Labute approximate surface area is 117 Å². The van der Waals surface area contributed by atoms with E-state index in [1.165, 1.54) is 36.8 Å². The first-order valence-electron chi connectivity index (χ1n) is 7.67. The molecule has 1 N–H and O–H groups in total. The van der Waals surface area contributed by atoms with Gasteiger partial charge in [-0.2, -0.15) is 0 Å². The summed E-state index contributed by atoms with van der Waals surface area (Å²) in [5, 5.41) is 3.66. The molecule has 0 aliphatic heterocycles. The molecular formula is C17H27NO. The van der Waals surface area contributed by atoms with Gasteiger partial charge in [-0.3, -0.25) is 0 Å². The molecule has 0 bridgehead atoms. The summed E-state index contributed by atoms with van der Waals surface area (Å²) < 4.78 is 5.53. The van der Waals surface area contributed by atoms with E-state index in [1.807, 2.05) is 6.92 Å². The standard InChI is InChI=1S/C17H27NO/c1-3-19-13-17-10-5-4-9-16(17)12-18-14(2)11-15-7-6-8-15/h4-5,9-10,14-15,18H,3,6-8,11-13H2,1-2H3. The highest BCUT2D eigenvalue weighted by molar-refractivity contribution is 5.26. The quantitative estimate of drug-likeness (QED) is 0.766. The van der Waals surface area contributed by atoms with Crippen molar-refractivity contribution in [2.45, 2.75) is 58.7 Å². The number of nitrogens with one attached hydrogen (secondary N) is 1. The van der Waals surface area contributed by atoms with Crippen LogP contribution < -0.4 is 5.32 Å². The van der Waals surface area contributed by atoms with Crippen LogP contribution in [0.1, 0.15) is 50.7 Å². The van der Waals surface area contributed by atoms with Crippen molar-refractivity contribution in [1.29, 1.82) is 0 Å². The first-order chi connectivity index (χ1) is 9.29. The minimum Gasteiger partial charge on any atom is -0.377 e. The number of ether oxygens (including phenoxy) is 1. The Morgan fingerprint density at radius 3 is 2.63 bits per heavy atom. The Kier molecular flexibility index (Phi) is 5.87. The first kappa shape index (κ1) is 14.5. The lowest BCUT2D eigenvalue weighted by Crippen LogP contribution is -2.30. The van der Waals surface area contributed by atoms with Gasteiger partial charge in [-0.05, 0) is 37.3 Å². The van der Waals surface area contributed by atoms with Crippen LogP contribution in [0.5, 0.6) is 0 Å². The smallest absolute Gasteiger partial charge is 0.0719 e. The summed E-state index contributed by atoms with van der Waals surface area (Å²) >= 11 is 0. The molecule has 0 heterocycles. The number of rotatable bonds is 8. The van der Waals surface area contributed by atoms with Crippen molar-refractivity contribution in [3.8, 4) is 0 Å². The molecule has 106 valence electrons. The van der Waals surface area contributed by atoms with Crippen LogP contribution in [0.15, 0.2) is 24.3 Å². The van der Waals surface area contributed by atoms with E-state index in [0.29, 0.717) is 6.04 Å². The zero-order chi connectivity index (χ0) is 13.5. The molecule has 0 saturated heterocycles. The van der Waals surface area contributed by atoms with E-state index < -0.39 is 0 Å². The molecule has 1 aromatic carbocycles. The molecule has 0 amide bonds. The van der Waals surface area contributed by atoms with Gasteiger partial charge in [-0.1, -0.05) is 43.5 Å². The van der Waals surface area contributed by atoms with Crippen LogP contribution in [-0.2, 0) is 17.9 Å². The van der Waals surface area contributed by atoms with Gasteiger partial charge >= 0.3 is 0 Å². The van der Waals surface area contributed by atoms with Crippen LogP contribution in [0.3, 0.4) is 0 Å². The highest BCUT2D eigenvalue weighted by atomic mass is 16.5. The van der Waals surface area contributed by atoms with E-state index in [2.05, 4.69) is 36.5 Å². The Balaban J connectivity index is 1.80. The average Bonchev–Trinajstić information content (AvgIpc) is 2.39. The Hall–Kier alpha value is -0.860. The third-order valence-electron chi connectivity index (χ3n) is 4.13. The monoisotopic (exact) mass is 261 g/mol. The second kappa shape index (κ2) is 7.66. The van der Waals surface area contributed by atoms with Gasteiger partial charge in [0.25, 0.3) is 0 Å². The van der Waals surface area contributed by atoms with E-state index in [4.69, 9.17) is 4.74 Å². The van der Waals surface area contributed by atoms with Gasteiger partial charge in [0, 0.05) is 19.2 Å². The summed E-state index contributed by atoms with van der Waals surface area (Å²) in [5.74, 6) is 0.973. The number of benzene rings is 1. The number of hydrogen-bond acceptors (Lipinski definition) is 2. The molecule has 19 heavy (non-hydrogen) atoms. The van der Waals surface area contributed by atoms with Crippen molar-refractivity contribution in [3.05, 3.63) is 35.4 Å². The second-order valence-electron chi connectivity index (χ2n) is 5.72. The fourth-order valence-electron chi connectivity index (χ4n) is 2.68. The van der Waals surface area contributed by atoms with Gasteiger partial charge in [0.15, 0.2) is 0 Å². The molecule has 1 aromatic rings. The van der Waals surface area contributed by atoms with Crippen molar-refractivity contribution in [2.75, 3.05) is 6.61 Å². The molecule has 0 spiro atoms. The molecule has 1 aliphatic carbocycles. The summed E-state index contributed by atoms with van der Waals surface area (Å²) in [6, 6.07) is 9.20. The lowest BCUT2D eigenvalue weighted by molar-refractivity contribution is 0.133. The lowest BCUT2D eigenvalue weighted by Gasteiger charge is -2.28. The maximum atomic E-state index is 5.53. The van der Waals surface area contributed by atoms with Crippen LogP contribution in [0.25, 0.3) is 0 Å². The van der Waals surface area contributed by atoms with Gasteiger partial charge in [0.2, 0.25) is 0 Å². The summed E-state index contributed by atoms with van der Waals surface area (Å²) in [7, 11) is 0. The highest BCUT2D eigenvalue weighted by Crippen LogP contribution is 2.30. The van der Waals surface area contributed by atoms with E-state index in [1.54, 1.807) is 0 Å². The van der Waals surface area contributed by atoms with Gasteiger partial charge in [-0.15, -0.1) is 0 Å². The zero-order valence-corrected chi connectivity index (χ0v) is 12.3. The van der Waals surface area contributed by atoms with Crippen LogP contribution in [0.4, 0.5) is 0 Å². The molecule has 0 radical (unpaired) electrons. The molecule has 2 heteroatoms. The summed E-state index contributed by atoms with van der Waals surface area (Å²) in [5.41, 5.74) is 2.68. The molecule has 2 nitrogen and oxygen atoms in total. The molecule has 1 aliphatic rings. The number of hydrogen-bond donors (Lipinski definition) is 1. The van der Waals surface area contributed by atoms with E-state index in [0.717, 1.165) is 25.7 Å². The Bertz CT molecular complexity index is 373. The minimum absolute atomic E-state index is 0.616. The fraction of sp³-hybridized carbons (Fsp3) is 0.647. The molecular weight excluding hydrogens is 234 g/mol. The normalized spacial score (nSPS) is 17.2. The molecule has 1 fully saturated rings. The van der Waals surface area contributed by atoms with Crippen molar-refractivity contribution >= 4 is 0 Å². The van der Waals surface area contributed by atoms with Crippen molar-refractivity contribution in [3.63, 3.8) is 0 Å². The molecule has 1 saturated carbocycles. The van der Waals surface area contributed by atoms with Crippen molar-refractivity contribution in [1.82, 2.24) is 5.32 Å². The van der Waals surface area contributed by atoms with Gasteiger partial charge in [0.05, 0.1) is 6.61 Å². The fourth-order valence-corrected chi connectivity index (χ4v) is 2.68. The van der Waals surface area contributed by atoms with Gasteiger partial charge in [0.1, 0.15) is 0 Å². The van der Waals surface area contributed by atoms with Crippen LogP contribution in [0, 0.1) is 5.92 Å². The van der Waals surface area contributed by atoms with E-state index >= 15 is 0 Å². The molecule has 1 unspecified atom stereocenters. The highest BCUT2D eigenvalue weighted by Gasteiger charge is 2.19. The third-order valence-corrected chi connectivity index (χ3v) is 4.13. The molecule has 2 rings (SSSR count). The maximum Gasteiger partial charge on any atom is 0.0719 e. The lowest BCUT2D eigenvalue weighted by atomic mass is 9.81. The van der Waals surface area contributed by atoms with E-state index in [9.17, 15) is 0 Å². The predicted molar refractivity (Wildman–Crippen MR) is 80.0 cm³/mol. The third kappa shape index (κ3) is 4.63. The molecule has 1 atom stereocenters. The second-order valence-corrected chi connectivity index (χ2v) is 5.72. The zero-order valence-electron chi connectivity index (χ0n) is 12.3. The van der Waals surface area contributed by atoms with Crippen molar-refractivity contribution in [2.24, 2.45) is 5.92 Å². The van der Waals surface area contributed by atoms with Gasteiger partial charge < -0.3 is 10.1 Å². The maximum absolute atomic E-state index is 5.53. The summed E-state index contributed by atoms with van der Waals surface area (Å²) in [6.07, 6.45) is 5.64. The first-order valence-corrected chi connectivity index (χ1v) is 7.67. The summed E-state index contributed by atoms with van der Waals surface area (Å²) in [4.78, 5) is 0. The van der Waals surface area contributed by atoms with E-state index in [-0.39, 0.29) is 0 Å². The van der Waals surface area contributed by atoms with Crippen LogP contribution >= 0.6 is 0 Å². The van der Waals surface area contributed by atoms with Crippen LogP contribution in [0.2, 0.25) is 0 Å². The SMILES string of the molecule is CCOCc1ccccc1CNC(C)CC1CCC1. The predicted octanol–water partition coefficient (Wildman–Crippen LogP) is 3.89. The average molecular weight is 261 g/mol. The largest absolute Gasteiger partial charge is 0.377 e. The van der Waals surface area contributed by atoms with Crippen LogP contribution in [-0.4, -0.2) is 12.6 Å². The minimum atomic E-state index is 0.616. The Morgan fingerprint density at radius 1 is 1.26 bits per heavy atom. The summed E-state index contributed by atoms with van der Waals surface area (Å²) in [6.45, 7) is 6.81. The topological polar surface area (TPSA) is 21.3 Å². The van der Waals surface area contributed by atoms with Gasteiger partial charge in [-0.25, -0.2) is 0 Å². The molecule has 0 aromatic heterocycles. The Morgan fingerprint density at radius 2 is 2.00 bits per heavy atom.